The molecule has 1 nitrogen and oxygen atoms in total. The van der Waals surface area contributed by atoms with Gasteiger partial charge in [0.1, 0.15) is 5.75 Å². The molecule has 15 heavy (non-hydrogen) atoms. The third-order valence-electron chi connectivity index (χ3n) is 2.04. The van der Waals surface area contributed by atoms with E-state index in [1.54, 1.807) is 11.3 Å². The maximum atomic E-state index is 5.63. The van der Waals surface area contributed by atoms with E-state index in [9.17, 15) is 0 Å². The molecule has 0 unspecified atom stereocenters. The largest absolute Gasteiger partial charge is 0.493 e. The summed E-state index contributed by atoms with van der Waals surface area (Å²) < 4.78 is 6.69. The second-order valence-corrected chi connectivity index (χ2v) is 4.88. The van der Waals surface area contributed by atoms with Gasteiger partial charge >= 0.3 is 0 Å². The van der Waals surface area contributed by atoms with Crippen LogP contribution < -0.4 is 4.74 Å². The lowest BCUT2D eigenvalue weighted by atomic mass is 10.2. The van der Waals surface area contributed by atoms with Crippen molar-refractivity contribution in [1.82, 2.24) is 0 Å². The first-order valence-corrected chi connectivity index (χ1v) is 6.47. The third kappa shape index (κ3) is 3.36. The Balaban J connectivity index is 1.83. The van der Waals surface area contributed by atoms with Crippen LogP contribution in [0.1, 0.15) is 5.56 Å². The molecule has 0 saturated heterocycles. The predicted octanol–water partition coefficient (Wildman–Crippen LogP) is 4.13. The van der Waals surface area contributed by atoms with Crippen molar-refractivity contribution in [2.45, 2.75) is 6.42 Å². The van der Waals surface area contributed by atoms with Crippen molar-refractivity contribution in [3.8, 4) is 5.75 Å². The minimum absolute atomic E-state index is 0.729. The number of hydrogen-bond donors (Lipinski definition) is 0. The van der Waals surface area contributed by atoms with E-state index in [4.69, 9.17) is 4.74 Å². The molecule has 0 saturated carbocycles. The van der Waals surface area contributed by atoms with Crippen molar-refractivity contribution in [2.24, 2.45) is 0 Å². The van der Waals surface area contributed by atoms with E-state index in [0.29, 0.717) is 0 Å². The first-order chi connectivity index (χ1) is 7.34. The number of benzene rings is 1. The van der Waals surface area contributed by atoms with Gasteiger partial charge in [0.2, 0.25) is 0 Å². The second kappa shape index (κ2) is 5.33. The van der Waals surface area contributed by atoms with Gasteiger partial charge in [0, 0.05) is 10.9 Å². The Bertz CT molecular complexity index is 411. The van der Waals surface area contributed by atoms with Gasteiger partial charge in [-0.25, -0.2) is 0 Å². The van der Waals surface area contributed by atoms with Crippen molar-refractivity contribution in [1.29, 1.82) is 0 Å². The smallest absolute Gasteiger partial charge is 0.120 e. The molecule has 2 aromatic rings. The van der Waals surface area contributed by atoms with Crippen LogP contribution in [0.2, 0.25) is 0 Å². The van der Waals surface area contributed by atoms with Crippen LogP contribution in [0.25, 0.3) is 0 Å². The van der Waals surface area contributed by atoms with E-state index in [-0.39, 0.29) is 0 Å². The molecule has 0 atom stereocenters. The summed E-state index contributed by atoms with van der Waals surface area (Å²) in [5, 5.41) is 4.25. The second-order valence-electron chi connectivity index (χ2n) is 3.19. The lowest BCUT2D eigenvalue weighted by Gasteiger charge is -2.05. The fourth-order valence-electron chi connectivity index (χ4n) is 1.28. The summed E-state index contributed by atoms with van der Waals surface area (Å²) in [6.07, 6.45) is 0.968. The average molecular weight is 283 g/mol. The quantitative estimate of drug-likeness (QED) is 0.819. The Morgan fingerprint density at radius 2 is 2.20 bits per heavy atom. The zero-order valence-electron chi connectivity index (χ0n) is 8.15. The van der Waals surface area contributed by atoms with Crippen LogP contribution in [0.15, 0.2) is 45.6 Å². The molecular formula is C12H11BrOS. The van der Waals surface area contributed by atoms with Crippen LogP contribution in [-0.2, 0) is 6.42 Å². The van der Waals surface area contributed by atoms with Crippen LogP contribution in [0.5, 0.6) is 5.75 Å². The van der Waals surface area contributed by atoms with E-state index in [2.05, 4.69) is 32.8 Å². The molecule has 3 heteroatoms. The minimum Gasteiger partial charge on any atom is -0.493 e. The SMILES string of the molecule is Brc1cccc(OCCc2ccsc2)c1. The Kier molecular flexibility index (Phi) is 3.80. The Morgan fingerprint density at radius 3 is 2.93 bits per heavy atom. The summed E-state index contributed by atoms with van der Waals surface area (Å²) in [7, 11) is 0. The van der Waals surface area contributed by atoms with Crippen molar-refractivity contribution in [3.63, 3.8) is 0 Å². The Labute approximate surface area is 102 Å². The zero-order valence-corrected chi connectivity index (χ0v) is 10.6. The maximum Gasteiger partial charge on any atom is 0.120 e. The summed E-state index contributed by atoms with van der Waals surface area (Å²) in [5.41, 5.74) is 1.34. The van der Waals surface area contributed by atoms with E-state index < -0.39 is 0 Å². The van der Waals surface area contributed by atoms with Gasteiger partial charge in [0.05, 0.1) is 6.61 Å². The summed E-state index contributed by atoms with van der Waals surface area (Å²) >= 11 is 5.14. The number of hydrogen-bond acceptors (Lipinski definition) is 2. The average Bonchev–Trinajstić information content (AvgIpc) is 2.71. The van der Waals surface area contributed by atoms with Crippen LogP contribution >= 0.6 is 27.3 Å². The van der Waals surface area contributed by atoms with Crippen LogP contribution in [0, 0.1) is 0 Å². The van der Waals surface area contributed by atoms with E-state index in [0.717, 1.165) is 23.2 Å². The number of thiophene rings is 1. The van der Waals surface area contributed by atoms with Crippen molar-refractivity contribution in [2.75, 3.05) is 6.61 Å². The summed E-state index contributed by atoms with van der Waals surface area (Å²) in [6, 6.07) is 10.1. The van der Waals surface area contributed by atoms with Gasteiger partial charge in [-0.2, -0.15) is 11.3 Å². The minimum atomic E-state index is 0.729. The highest BCUT2D eigenvalue weighted by atomic mass is 79.9. The Morgan fingerprint density at radius 1 is 1.27 bits per heavy atom. The van der Waals surface area contributed by atoms with Crippen molar-refractivity contribution < 1.29 is 4.74 Å². The number of rotatable bonds is 4. The van der Waals surface area contributed by atoms with Crippen LogP contribution in [-0.4, -0.2) is 6.61 Å². The molecule has 0 fully saturated rings. The van der Waals surface area contributed by atoms with Gasteiger partial charge in [-0.15, -0.1) is 0 Å². The van der Waals surface area contributed by atoms with E-state index in [1.807, 2.05) is 24.3 Å². The molecule has 0 radical (unpaired) electrons. The molecule has 0 spiro atoms. The van der Waals surface area contributed by atoms with Crippen LogP contribution in [0.3, 0.4) is 0 Å². The fraction of sp³-hybridized carbons (Fsp3) is 0.167. The predicted molar refractivity (Wildman–Crippen MR) is 67.7 cm³/mol. The molecule has 0 aliphatic heterocycles. The molecule has 1 aromatic heterocycles. The number of halogens is 1. The maximum absolute atomic E-state index is 5.63. The van der Waals surface area contributed by atoms with Gasteiger partial charge in [0.15, 0.2) is 0 Å². The van der Waals surface area contributed by atoms with Crippen LogP contribution in [0.4, 0.5) is 0 Å². The highest BCUT2D eigenvalue weighted by Crippen LogP contribution is 2.18. The lowest BCUT2D eigenvalue weighted by molar-refractivity contribution is 0.322. The molecule has 0 amide bonds. The standard InChI is InChI=1S/C12H11BrOS/c13-11-2-1-3-12(8-11)14-6-4-10-5-7-15-9-10/h1-3,5,7-9H,4,6H2. The Hall–Kier alpha value is -0.800. The molecule has 0 aliphatic carbocycles. The molecule has 0 bridgehead atoms. The normalized spacial score (nSPS) is 10.2. The first-order valence-electron chi connectivity index (χ1n) is 4.74. The zero-order chi connectivity index (χ0) is 10.5. The molecular weight excluding hydrogens is 272 g/mol. The van der Waals surface area contributed by atoms with E-state index >= 15 is 0 Å². The first kappa shape index (κ1) is 10.7. The summed E-state index contributed by atoms with van der Waals surface area (Å²) in [5.74, 6) is 0.916. The molecule has 78 valence electrons. The molecule has 0 N–H and O–H groups in total. The van der Waals surface area contributed by atoms with Gasteiger partial charge in [0.25, 0.3) is 0 Å². The summed E-state index contributed by atoms with van der Waals surface area (Å²) in [4.78, 5) is 0. The lowest BCUT2D eigenvalue weighted by Crippen LogP contribution is -2.00. The van der Waals surface area contributed by atoms with Gasteiger partial charge in [-0.1, -0.05) is 22.0 Å². The number of ether oxygens (including phenoxy) is 1. The molecule has 1 heterocycles. The topological polar surface area (TPSA) is 9.23 Å². The third-order valence-corrected chi connectivity index (χ3v) is 3.26. The molecule has 1 aromatic carbocycles. The van der Waals surface area contributed by atoms with Gasteiger partial charge in [-0.3, -0.25) is 0 Å². The van der Waals surface area contributed by atoms with Gasteiger partial charge < -0.3 is 4.74 Å². The molecule has 2 rings (SSSR count). The van der Waals surface area contributed by atoms with Gasteiger partial charge in [-0.05, 0) is 40.6 Å². The van der Waals surface area contributed by atoms with Crippen molar-refractivity contribution in [3.05, 3.63) is 51.1 Å². The van der Waals surface area contributed by atoms with E-state index in [1.165, 1.54) is 5.56 Å². The van der Waals surface area contributed by atoms with Crippen molar-refractivity contribution >= 4 is 27.3 Å². The molecule has 0 aliphatic rings. The highest BCUT2D eigenvalue weighted by molar-refractivity contribution is 9.10. The fourth-order valence-corrected chi connectivity index (χ4v) is 2.36. The highest BCUT2D eigenvalue weighted by Gasteiger charge is 1.96. The monoisotopic (exact) mass is 282 g/mol. The summed E-state index contributed by atoms with van der Waals surface area (Å²) in [6.45, 7) is 0.729.